The Morgan fingerprint density at radius 1 is 1.22 bits per heavy atom. The second-order valence-corrected chi connectivity index (χ2v) is 4.46. The van der Waals surface area contributed by atoms with Crippen LogP contribution in [-0.2, 0) is 27.2 Å². The maximum Gasteiger partial charge on any atom is 0.306 e. The van der Waals surface area contributed by atoms with Crippen molar-refractivity contribution in [2.75, 3.05) is 12.4 Å². The molecule has 0 spiro atoms. The van der Waals surface area contributed by atoms with E-state index in [4.69, 9.17) is 0 Å². The van der Waals surface area contributed by atoms with E-state index in [1.54, 1.807) is 0 Å². The summed E-state index contributed by atoms with van der Waals surface area (Å²) in [6, 6.07) is 6.01. The Kier molecular flexibility index (Phi) is 3.97. The van der Waals surface area contributed by atoms with Gasteiger partial charge in [-0.3, -0.25) is 9.59 Å². The summed E-state index contributed by atoms with van der Waals surface area (Å²) in [7, 11) is 1.32. The highest BCUT2D eigenvalue weighted by Gasteiger charge is 2.12. The second-order valence-electron chi connectivity index (χ2n) is 4.46. The number of hydrogen-bond acceptors (Lipinski definition) is 3. The van der Waals surface area contributed by atoms with Crippen LogP contribution in [0, 0.1) is 0 Å². The molecular formula is C14H17NO3. The number of amides is 1. The molecule has 4 nitrogen and oxygen atoms in total. The molecule has 0 aromatic heterocycles. The van der Waals surface area contributed by atoms with Gasteiger partial charge in [0.15, 0.2) is 0 Å². The van der Waals surface area contributed by atoms with E-state index in [1.807, 2.05) is 12.1 Å². The molecule has 1 aromatic rings. The molecule has 0 saturated heterocycles. The van der Waals surface area contributed by atoms with E-state index < -0.39 is 0 Å². The molecular weight excluding hydrogens is 230 g/mol. The quantitative estimate of drug-likeness (QED) is 0.829. The number of ether oxygens (including phenoxy) is 1. The Bertz CT molecular complexity index is 468. The van der Waals surface area contributed by atoms with Crippen molar-refractivity contribution >= 4 is 17.6 Å². The largest absolute Gasteiger partial charge is 0.469 e. The van der Waals surface area contributed by atoms with Gasteiger partial charge in [-0.1, -0.05) is 6.07 Å². The van der Waals surface area contributed by atoms with Crippen LogP contribution in [0.25, 0.3) is 0 Å². The second kappa shape index (κ2) is 5.67. The summed E-state index contributed by atoms with van der Waals surface area (Å²) in [5.74, 6) is -0.516. The molecule has 0 radical (unpaired) electrons. The van der Waals surface area contributed by atoms with Crippen LogP contribution in [0.1, 0.15) is 30.4 Å². The van der Waals surface area contributed by atoms with Crippen molar-refractivity contribution in [2.24, 2.45) is 0 Å². The van der Waals surface area contributed by atoms with Crippen LogP contribution in [-0.4, -0.2) is 19.0 Å². The lowest BCUT2D eigenvalue weighted by Crippen LogP contribution is -2.14. The lowest BCUT2D eigenvalue weighted by atomic mass is 10.1. The van der Waals surface area contributed by atoms with Gasteiger partial charge in [-0.05, 0) is 42.5 Å². The van der Waals surface area contributed by atoms with Crippen LogP contribution in [0.3, 0.4) is 0 Å². The average Bonchev–Trinajstić information content (AvgIpc) is 2.83. The standard InChI is InChI=1S/C14H17NO3/c1-18-14(17)8-7-13(16)15-12-6-5-10-3-2-4-11(10)9-12/h5-6,9H,2-4,7-8H2,1H3,(H,15,16). The van der Waals surface area contributed by atoms with E-state index in [-0.39, 0.29) is 24.7 Å². The number of anilines is 1. The number of aryl methyl sites for hydroxylation is 2. The molecule has 96 valence electrons. The van der Waals surface area contributed by atoms with Crippen LogP contribution >= 0.6 is 0 Å². The number of methoxy groups -OCH3 is 1. The van der Waals surface area contributed by atoms with Gasteiger partial charge in [0.25, 0.3) is 0 Å². The number of rotatable bonds is 4. The predicted molar refractivity (Wildman–Crippen MR) is 68.3 cm³/mol. The molecule has 4 heteroatoms. The average molecular weight is 247 g/mol. The summed E-state index contributed by atoms with van der Waals surface area (Å²) < 4.78 is 4.49. The molecule has 0 bridgehead atoms. The van der Waals surface area contributed by atoms with E-state index in [0.29, 0.717) is 0 Å². The molecule has 1 aromatic carbocycles. The Hall–Kier alpha value is -1.84. The van der Waals surface area contributed by atoms with Crippen LogP contribution in [0.4, 0.5) is 5.69 Å². The number of nitrogens with one attached hydrogen (secondary N) is 1. The zero-order valence-corrected chi connectivity index (χ0v) is 10.5. The van der Waals surface area contributed by atoms with Gasteiger partial charge in [-0.25, -0.2) is 0 Å². The summed E-state index contributed by atoms with van der Waals surface area (Å²) in [5, 5.41) is 2.80. The highest BCUT2D eigenvalue weighted by atomic mass is 16.5. The van der Waals surface area contributed by atoms with E-state index in [9.17, 15) is 9.59 Å². The van der Waals surface area contributed by atoms with Crippen molar-refractivity contribution < 1.29 is 14.3 Å². The minimum absolute atomic E-state index is 0.118. The fourth-order valence-corrected chi connectivity index (χ4v) is 2.19. The Labute approximate surface area is 106 Å². The lowest BCUT2D eigenvalue weighted by molar-refractivity contribution is -0.141. The summed E-state index contributed by atoms with van der Waals surface area (Å²) >= 11 is 0. The molecule has 1 aliphatic carbocycles. The predicted octanol–water partition coefficient (Wildman–Crippen LogP) is 2.07. The van der Waals surface area contributed by atoms with Crippen LogP contribution < -0.4 is 5.32 Å². The number of carbonyl (C=O) groups excluding carboxylic acids is 2. The van der Waals surface area contributed by atoms with E-state index in [2.05, 4.69) is 16.1 Å². The van der Waals surface area contributed by atoms with Crippen LogP contribution in [0.15, 0.2) is 18.2 Å². The Morgan fingerprint density at radius 3 is 2.78 bits per heavy atom. The highest BCUT2D eigenvalue weighted by Crippen LogP contribution is 2.24. The summed E-state index contributed by atoms with van der Waals surface area (Å²) in [6.07, 6.45) is 3.68. The fourth-order valence-electron chi connectivity index (χ4n) is 2.19. The molecule has 2 rings (SSSR count). The maximum atomic E-state index is 11.6. The monoisotopic (exact) mass is 247 g/mol. The first-order chi connectivity index (χ1) is 8.69. The third kappa shape index (κ3) is 3.09. The summed E-state index contributed by atoms with van der Waals surface area (Å²) in [5.41, 5.74) is 3.51. The van der Waals surface area contributed by atoms with E-state index in [0.717, 1.165) is 18.5 Å². The van der Waals surface area contributed by atoms with E-state index >= 15 is 0 Å². The third-order valence-electron chi connectivity index (χ3n) is 3.17. The first-order valence-electron chi connectivity index (χ1n) is 6.17. The van der Waals surface area contributed by atoms with Crippen molar-refractivity contribution in [3.63, 3.8) is 0 Å². The first kappa shape index (κ1) is 12.6. The normalized spacial score (nSPS) is 12.9. The number of esters is 1. The topological polar surface area (TPSA) is 55.4 Å². The lowest BCUT2D eigenvalue weighted by Gasteiger charge is -2.07. The maximum absolute atomic E-state index is 11.6. The van der Waals surface area contributed by atoms with Gasteiger partial charge in [0, 0.05) is 12.1 Å². The number of benzene rings is 1. The van der Waals surface area contributed by atoms with Gasteiger partial charge in [-0.2, -0.15) is 0 Å². The van der Waals surface area contributed by atoms with Crippen molar-refractivity contribution in [2.45, 2.75) is 32.1 Å². The molecule has 0 atom stereocenters. The van der Waals surface area contributed by atoms with Crippen molar-refractivity contribution in [1.29, 1.82) is 0 Å². The molecule has 18 heavy (non-hydrogen) atoms. The van der Waals surface area contributed by atoms with Gasteiger partial charge in [0.2, 0.25) is 5.91 Å². The van der Waals surface area contributed by atoms with Crippen molar-refractivity contribution in [3.05, 3.63) is 29.3 Å². The number of carbonyl (C=O) groups is 2. The number of fused-ring (bicyclic) bond motifs is 1. The van der Waals surface area contributed by atoms with Crippen molar-refractivity contribution in [1.82, 2.24) is 0 Å². The summed E-state index contributed by atoms with van der Waals surface area (Å²) in [6.45, 7) is 0. The summed E-state index contributed by atoms with van der Waals surface area (Å²) in [4.78, 5) is 22.5. The van der Waals surface area contributed by atoms with Gasteiger partial charge < -0.3 is 10.1 Å². The Morgan fingerprint density at radius 2 is 2.00 bits per heavy atom. The zero-order valence-electron chi connectivity index (χ0n) is 10.5. The molecule has 0 fully saturated rings. The molecule has 0 aliphatic heterocycles. The van der Waals surface area contributed by atoms with E-state index in [1.165, 1.54) is 24.7 Å². The SMILES string of the molecule is COC(=O)CCC(=O)Nc1ccc2c(c1)CCC2. The first-order valence-corrected chi connectivity index (χ1v) is 6.17. The molecule has 0 unspecified atom stereocenters. The molecule has 1 aliphatic rings. The van der Waals surface area contributed by atoms with Gasteiger partial charge in [0.1, 0.15) is 0 Å². The highest BCUT2D eigenvalue weighted by molar-refractivity contribution is 5.92. The Balaban J connectivity index is 1.89. The van der Waals surface area contributed by atoms with Crippen molar-refractivity contribution in [3.8, 4) is 0 Å². The van der Waals surface area contributed by atoms with Crippen LogP contribution in [0.2, 0.25) is 0 Å². The van der Waals surface area contributed by atoms with Gasteiger partial charge in [0.05, 0.1) is 13.5 Å². The molecule has 1 N–H and O–H groups in total. The molecule has 0 heterocycles. The minimum atomic E-state index is -0.362. The zero-order chi connectivity index (χ0) is 13.0. The van der Waals surface area contributed by atoms with Crippen LogP contribution in [0.5, 0.6) is 0 Å². The third-order valence-corrected chi connectivity index (χ3v) is 3.17. The molecule has 0 saturated carbocycles. The fraction of sp³-hybridized carbons (Fsp3) is 0.429. The minimum Gasteiger partial charge on any atom is -0.469 e. The molecule has 1 amide bonds. The number of hydrogen-bond donors (Lipinski definition) is 1. The smallest absolute Gasteiger partial charge is 0.306 e. The van der Waals surface area contributed by atoms with Gasteiger partial charge in [-0.15, -0.1) is 0 Å². The van der Waals surface area contributed by atoms with Gasteiger partial charge >= 0.3 is 5.97 Å².